The molecular weight excluding hydrogens is 260 g/mol. The van der Waals surface area contributed by atoms with Crippen LogP contribution in [-0.2, 0) is 6.54 Å². The van der Waals surface area contributed by atoms with Gasteiger partial charge in [-0.15, -0.1) is 11.3 Å². The number of nitrogens with zero attached hydrogens (tertiary/aromatic N) is 3. The van der Waals surface area contributed by atoms with Crippen molar-refractivity contribution in [1.29, 1.82) is 0 Å². The van der Waals surface area contributed by atoms with Crippen LogP contribution >= 0.6 is 11.3 Å². The van der Waals surface area contributed by atoms with Crippen molar-refractivity contribution in [2.45, 2.75) is 6.54 Å². The van der Waals surface area contributed by atoms with E-state index < -0.39 is 0 Å². The molecule has 0 aliphatic carbocycles. The minimum Gasteiger partial charge on any atom is -0.350 e. The number of rotatable bonds is 4. The van der Waals surface area contributed by atoms with Crippen LogP contribution in [0, 0.1) is 0 Å². The summed E-state index contributed by atoms with van der Waals surface area (Å²) in [6.45, 7) is 1.22. The monoisotopic (exact) mass is 272 g/mol. The number of carbonyl (C=O) groups is 1. The molecule has 0 aliphatic rings. The first kappa shape index (κ1) is 11.9. The van der Waals surface area contributed by atoms with Crippen molar-refractivity contribution >= 4 is 27.5 Å². The van der Waals surface area contributed by atoms with E-state index in [1.165, 1.54) is 11.3 Å². The Labute approximate surface area is 113 Å². The first-order valence-electron chi connectivity index (χ1n) is 5.92. The van der Waals surface area contributed by atoms with Crippen LogP contribution in [-0.4, -0.2) is 27.2 Å². The Morgan fingerprint density at radius 2 is 2.37 bits per heavy atom. The van der Waals surface area contributed by atoms with E-state index in [0.29, 0.717) is 18.7 Å². The van der Waals surface area contributed by atoms with Gasteiger partial charge in [0.05, 0.1) is 22.3 Å². The molecule has 0 saturated carbocycles. The highest BCUT2D eigenvalue weighted by atomic mass is 32.1. The molecule has 0 spiro atoms. The highest BCUT2D eigenvalue weighted by Gasteiger charge is 2.06. The normalized spacial score (nSPS) is 10.7. The zero-order valence-electron chi connectivity index (χ0n) is 10.1. The molecule has 0 saturated heterocycles. The molecule has 1 N–H and O–H groups in total. The SMILES string of the molecule is O=C(NCCn1cccn1)c1ccc2ncsc2c1. The summed E-state index contributed by atoms with van der Waals surface area (Å²) in [4.78, 5) is 16.2. The molecule has 0 bridgehead atoms. The van der Waals surface area contributed by atoms with Crippen molar-refractivity contribution in [3.8, 4) is 0 Å². The molecule has 0 radical (unpaired) electrons. The number of fused-ring (bicyclic) bond motifs is 1. The molecule has 96 valence electrons. The van der Waals surface area contributed by atoms with E-state index in [2.05, 4.69) is 15.4 Å². The molecule has 1 aromatic carbocycles. The summed E-state index contributed by atoms with van der Waals surface area (Å²) in [7, 11) is 0. The molecule has 19 heavy (non-hydrogen) atoms. The minimum atomic E-state index is -0.0672. The molecule has 1 amide bonds. The molecule has 0 atom stereocenters. The summed E-state index contributed by atoms with van der Waals surface area (Å²) in [5.74, 6) is -0.0672. The second-order valence-electron chi connectivity index (χ2n) is 4.06. The van der Waals surface area contributed by atoms with Gasteiger partial charge in [0.1, 0.15) is 0 Å². The van der Waals surface area contributed by atoms with E-state index in [4.69, 9.17) is 0 Å². The van der Waals surface area contributed by atoms with E-state index >= 15 is 0 Å². The van der Waals surface area contributed by atoms with Gasteiger partial charge >= 0.3 is 0 Å². The van der Waals surface area contributed by atoms with Gasteiger partial charge in [-0.3, -0.25) is 9.48 Å². The van der Waals surface area contributed by atoms with Crippen molar-refractivity contribution in [2.24, 2.45) is 0 Å². The first-order chi connectivity index (χ1) is 9.33. The van der Waals surface area contributed by atoms with Crippen LogP contribution in [0.2, 0.25) is 0 Å². The Morgan fingerprint density at radius 1 is 1.42 bits per heavy atom. The molecule has 5 nitrogen and oxygen atoms in total. The Hall–Kier alpha value is -2.21. The van der Waals surface area contributed by atoms with Gasteiger partial charge in [0.2, 0.25) is 0 Å². The van der Waals surface area contributed by atoms with Crippen LogP contribution in [0.5, 0.6) is 0 Å². The van der Waals surface area contributed by atoms with Crippen molar-refractivity contribution in [2.75, 3.05) is 6.54 Å². The van der Waals surface area contributed by atoms with Gasteiger partial charge in [-0.25, -0.2) is 4.98 Å². The molecular formula is C13H12N4OS. The number of carbonyl (C=O) groups excluding carboxylic acids is 1. The number of thiazole rings is 1. The maximum atomic E-state index is 12.0. The molecule has 3 aromatic rings. The van der Waals surface area contributed by atoms with Gasteiger partial charge in [-0.2, -0.15) is 5.10 Å². The van der Waals surface area contributed by atoms with Crippen LogP contribution < -0.4 is 5.32 Å². The van der Waals surface area contributed by atoms with E-state index in [1.807, 2.05) is 24.4 Å². The predicted molar refractivity (Wildman–Crippen MR) is 74.2 cm³/mol. The summed E-state index contributed by atoms with van der Waals surface area (Å²) >= 11 is 1.54. The summed E-state index contributed by atoms with van der Waals surface area (Å²) < 4.78 is 2.81. The number of aromatic nitrogens is 3. The third-order valence-corrected chi connectivity index (χ3v) is 3.57. The van der Waals surface area contributed by atoms with Crippen LogP contribution in [0.4, 0.5) is 0 Å². The van der Waals surface area contributed by atoms with Crippen LogP contribution in [0.15, 0.2) is 42.2 Å². The average molecular weight is 272 g/mol. The number of amides is 1. The zero-order chi connectivity index (χ0) is 13.1. The fraction of sp³-hybridized carbons (Fsp3) is 0.154. The van der Waals surface area contributed by atoms with Gasteiger partial charge < -0.3 is 5.32 Å². The summed E-state index contributed by atoms with van der Waals surface area (Å²) in [6, 6.07) is 7.40. The number of hydrogen-bond donors (Lipinski definition) is 1. The van der Waals surface area contributed by atoms with E-state index in [9.17, 15) is 4.79 Å². The minimum absolute atomic E-state index is 0.0672. The zero-order valence-corrected chi connectivity index (χ0v) is 10.9. The third kappa shape index (κ3) is 2.63. The summed E-state index contributed by atoms with van der Waals surface area (Å²) in [5.41, 5.74) is 3.37. The predicted octanol–water partition coefficient (Wildman–Crippen LogP) is 1.92. The van der Waals surface area contributed by atoms with Crippen molar-refractivity contribution in [3.63, 3.8) is 0 Å². The van der Waals surface area contributed by atoms with Crippen molar-refractivity contribution in [3.05, 3.63) is 47.7 Å². The topological polar surface area (TPSA) is 59.8 Å². The Kier molecular flexibility index (Phi) is 3.24. The van der Waals surface area contributed by atoms with Gasteiger partial charge in [0.25, 0.3) is 5.91 Å². The maximum absolute atomic E-state index is 12.0. The average Bonchev–Trinajstić information content (AvgIpc) is 3.08. The van der Waals surface area contributed by atoms with E-state index in [-0.39, 0.29) is 5.91 Å². The Morgan fingerprint density at radius 3 is 3.21 bits per heavy atom. The molecule has 0 aliphatic heterocycles. The third-order valence-electron chi connectivity index (χ3n) is 2.78. The fourth-order valence-electron chi connectivity index (χ4n) is 1.82. The lowest BCUT2D eigenvalue weighted by Crippen LogP contribution is -2.27. The fourth-order valence-corrected chi connectivity index (χ4v) is 2.53. The van der Waals surface area contributed by atoms with Gasteiger partial charge in [-0.05, 0) is 24.3 Å². The number of hydrogen-bond acceptors (Lipinski definition) is 4. The van der Waals surface area contributed by atoms with E-state index in [0.717, 1.165) is 10.2 Å². The van der Waals surface area contributed by atoms with Crippen LogP contribution in [0.25, 0.3) is 10.2 Å². The molecule has 2 heterocycles. The number of benzene rings is 1. The van der Waals surface area contributed by atoms with Crippen molar-refractivity contribution in [1.82, 2.24) is 20.1 Å². The second kappa shape index (κ2) is 5.19. The summed E-state index contributed by atoms with van der Waals surface area (Å²) in [5, 5.41) is 6.96. The van der Waals surface area contributed by atoms with Gasteiger partial charge in [0.15, 0.2) is 0 Å². The standard InChI is InChI=1S/C13H12N4OS/c18-13(14-5-7-17-6-1-4-16-17)10-2-3-11-12(8-10)19-9-15-11/h1-4,6,8-9H,5,7H2,(H,14,18). The van der Waals surface area contributed by atoms with Crippen LogP contribution in [0.3, 0.4) is 0 Å². The highest BCUT2D eigenvalue weighted by Crippen LogP contribution is 2.18. The Balaban J connectivity index is 1.63. The second-order valence-corrected chi connectivity index (χ2v) is 4.95. The molecule has 0 unspecified atom stereocenters. The summed E-state index contributed by atoms with van der Waals surface area (Å²) in [6.07, 6.45) is 3.59. The largest absolute Gasteiger partial charge is 0.350 e. The van der Waals surface area contributed by atoms with E-state index in [1.54, 1.807) is 22.5 Å². The molecule has 2 aromatic heterocycles. The molecule has 6 heteroatoms. The lowest BCUT2D eigenvalue weighted by atomic mass is 10.2. The molecule has 3 rings (SSSR count). The molecule has 0 fully saturated rings. The van der Waals surface area contributed by atoms with Gasteiger partial charge in [-0.1, -0.05) is 0 Å². The first-order valence-corrected chi connectivity index (χ1v) is 6.80. The lowest BCUT2D eigenvalue weighted by molar-refractivity contribution is 0.0952. The number of nitrogens with one attached hydrogen (secondary N) is 1. The van der Waals surface area contributed by atoms with Crippen molar-refractivity contribution < 1.29 is 4.79 Å². The Bertz CT molecular complexity index is 690. The highest BCUT2D eigenvalue weighted by molar-refractivity contribution is 7.16. The smallest absolute Gasteiger partial charge is 0.251 e. The van der Waals surface area contributed by atoms with Gasteiger partial charge in [0, 0.05) is 24.5 Å². The quantitative estimate of drug-likeness (QED) is 0.789. The van der Waals surface area contributed by atoms with Crippen LogP contribution in [0.1, 0.15) is 10.4 Å². The maximum Gasteiger partial charge on any atom is 0.251 e. The lowest BCUT2D eigenvalue weighted by Gasteiger charge is -2.05.